The zero-order valence-electron chi connectivity index (χ0n) is 7.95. The molecule has 0 aliphatic heterocycles. The zero-order valence-corrected chi connectivity index (χ0v) is 8.71. The van der Waals surface area contributed by atoms with Crippen LogP contribution in [0.25, 0.3) is 0 Å². The van der Waals surface area contributed by atoms with Gasteiger partial charge in [0.2, 0.25) is 0 Å². The van der Waals surface area contributed by atoms with E-state index in [9.17, 15) is 0 Å². The molecule has 0 aromatic carbocycles. The lowest BCUT2D eigenvalue weighted by Gasteiger charge is -2.36. The Morgan fingerprint density at radius 1 is 1.46 bits per heavy atom. The van der Waals surface area contributed by atoms with E-state index in [4.69, 9.17) is 16.7 Å². The van der Waals surface area contributed by atoms with E-state index in [0.717, 1.165) is 25.6 Å². The van der Waals surface area contributed by atoms with Crippen molar-refractivity contribution in [3.05, 3.63) is 11.6 Å². The first kappa shape index (κ1) is 11.0. The summed E-state index contributed by atoms with van der Waals surface area (Å²) in [6.07, 6.45) is 6.80. The Balaban J connectivity index is 2.24. The Morgan fingerprint density at radius 3 is 2.69 bits per heavy atom. The minimum atomic E-state index is 0.286. The Morgan fingerprint density at radius 2 is 2.23 bits per heavy atom. The van der Waals surface area contributed by atoms with Crippen LogP contribution in [0.3, 0.4) is 0 Å². The second-order valence-corrected chi connectivity index (χ2v) is 3.77. The fourth-order valence-corrected chi connectivity index (χ4v) is 1.70. The minimum absolute atomic E-state index is 0.286. The second-order valence-electron chi connectivity index (χ2n) is 3.52. The van der Waals surface area contributed by atoms with Crippen LogP contribution in [0.15, 0.2) is 11.6 Å². The molecule has 0 saturated heterocycles. The van der Waals surface area contributed by atoms with Crippen molar-refractivity contribution in [1.29, 1.82) is 0 Å². The maximum absolute atomic E-state index is 8.74. The van der Waals surface area contributed by atoms with E-state index in [1.165, 1.54) is 19.3 Å². The molecule has 0 spiro atoms. The van der Waals surface area contributed by atoms with Gasteiger partial charge >= 0.3 is 0 Å². The van der Waals surface area contributed by atoms with Gasteiger partial charge in [0, 0.05) is 31.3 Å². The first-order valence-corrected chi connectivity index (χ1v) is 5.42. The van der Waals surface area contributed by atoms with Crippen molar-refractivity contribution in [2.75, 3.05) is 19.7 Å². The van der Waals surface area contributed by atoms with Crippen molar-refractivity contribution in [2.45, 2.75) is 31.7 Å². The van der Waals surface area contributed by atoms with Crippen molar-refractivity contribution in [3.63, 3.8) is 0 Å². The van der Waals surface area contributed by atoms with Crippen LogP contribution in [0.2, 0.25) is 0 Å². The number of nitrogens with zero attached hydrogens (tertiary/aromatic N) is 1. The molecule has 1 rings (SSSR count). The molecule has 0 amide bonds. The van der Waals surface area contributed by atoms with Crippen LogP contribution in [0.1, 0.15) is 25.7 Å². The summed E-state index contributed by atoms with van der Waals surface area (Å²) in [5.41, 5.74) is 1.57. The number of aliphatic hydroxyl groups is 1. The van der Waals surface area contributed by atoms with Crippen molar-refractivity contribution >= 4 is 11.6 Å². The molecule has 0 aromatic heterocycles. The van der Waals surface area contributed by atoms with Gasteiger partial charge < -0.3 is 5.11 Å². The van der Waals surface area contributed by atoms with Gasteiger partial charge in [0.25, 0.3) is 0 Å². The molecule has 3 heteroatoms. The highest BCUT2D eigenvalue weighted by Gasteiger charge is 2.23. The molecular weight excluding hydrogens is 186 g/mol. The molecule has 0 radical (unpaired) electrons. The number of hydrogen-bond donors (Lipinski definition) is 1. The summed E-state index contributed by atoms with van der Waals surface area (Å²) in [4.78, 5) is 2.40. The Kier molecular flexibility index (Phi) is 5.44. The lowest BCUT2D eigenvalue weighted by Crippen LogP contribution is -2.41. The van der Waals surface area contributed by atoms with Gasteiger partial charge in [0.05, 0.1) is 0 Å². The number of aliphatic hydroxyl groups excluding tert-OH is 1. The van der Waals surface area contributed by atoms with E-state index in [2.05, 4.69) is 4.90 Å². The minimum Gasteiger partial charge on any atom is -0.396 e. The molecule has 1 saturated carbocycles. The van der Waals surface area contributed by atoms with E-state index in [-0.39, 0.29) is 6.61 Å². The van der Waals surface area contributed by atoms with Gasteiger partial charge in [-0.2, -0.15) is 0 Å². The predicted molar refractivity (Wildman–Crippen MR) is 55.9 cm³/mol. The van der Waals surface area contributed by atoms with Gasteiger partial charge in [-0.15, -0.1) is 0 Å². The molecule has 1 N–H and O–H groups in total. The van der Waals surface area contributed by atoms with Crippen LogP contribution in [0.4, 0.5) is 0 Å². The molecule has 0 heterocycles. The molecule has 0 bridgehead atoms. The molecule has 1 fully saturated rings. The van der Waals surface area contributed by atoms with E-state index in [1.54, 1.807) is 5.54 Å². The van der Waals surface area contributed by atoms with Crippen LogP contribution < -0.4 is 0 Å². The van der Waals surface area contributed by atoms with Gasteiger partial charge in [0.15, 0.2) is 0 Å². The van der Waals surface area contributed by atoms with Gasteiger partial charge in [-0.25, -0.2) is 0 Å². The monoisotopic (exact) mass is 203 g/mol. The first-order valence-electron chi connectivity index (χ1n) is 4.98. The van der Waals surface area contributed by atoms with E-state index >= 15 is 0 Å². The number of halogens is 1. The average molecular weight is 204 g/mol. The van der Waals surface area contributed by atoms with Gasteiger partial charge in [-0.05, 0) is 19.3 Å². The summed E-state index contributed by atoms with van der Waals surface area (Å²) in [5.74, 6) is 0. The fraction of sp³-hybridized carbons (Fsp3) is 0.800. The van der Waals surface area contributed by atoms with Crippen molar-refractivity contribution in [2.24, 2.45) is 0 Å². The van der Waals surface area contributed by atoms with E-state index in [0.29, 0.717) is 0 Å². The van der Waals surface area contributed by atoms with Gasteiger partial charge in [-0.3, -0.25) is 4.90 Å². The normalized spacial score (nSPS) is 18.4. The molecular formula is C10H18ClNO. The Bertz CT molecular complexity index is 157. The summed E-state index contributed by atoms with van der Waals surface area (Å²) >= 11 is 5.49. The fourth-order valence-electron chi connectivity index (χ4n) is 1.62. The van der Waals surface area contributed by atoms with Gasteiger partial charge in [0.1, 0.15) is 0 Å². The smallest absolute Gasteiger partial charge is 0.0443 e. The van der Waals surface area contributed by atoms with Gasteiger partial charge in [-0.1, -0.05) is 24.1 Å². The van der Waals surface area contributed by atoms with Crippen LogP contribution in [-0.2, 0) is 0 Å². The van der Waals surface area contributed by atoms with Crippen LogP contribution in [0, 0.1) is 0 Å². The molecule has 1 aliphatic rings. The molecule has 0 unspecified atom stereocenters. The topological polar surface area (TPSA) is 23.5 Å². The number of hydrogen-bond acceptors (Lipinski definition) is 2. The molecule has 76 valence electrons. The van der Waals surface area contributed by atoms with Crippen molar-refractivity contribution in [3.8, 4) is 0 Å². The molecule has 1 aliphatic carbocycles. The van der Waals surface area contributed by atoms with Crippen LogP contribution in [0.5, 0.6) is 0 Å². The summed E-state index contributed by atoms with van der Waals surface area (Å²) in [5, 5.41) is 8.74. The molecule has 0 aromatic rings. The van der Waals surface area contributed by atoms with Crippen LogP contribution >= 0.6 is 11.6 Å². The zero-order chi connectivity index (χ0) is 9.52. The largest absolute Gasteiger partial charge is 0.396 e. The predicted octanol–water partition coefficient (Wildman–Crippen LogP) is 1.98. The molecule has 2 nitrogen and oxygen atoms in total. The first-order chi connectivity index (χ1) is 6.38. The molecule has 0 atom stereocenters. The summed E-state index contributed by atoms with van der Waals surface area (Å²) in [7, 11) is 0. The quantitative estimate of drug-likeness (QED) is 0.714. The van der Waals surface area contributed by atoms with E-state index < -0.39 is 0 Å². The summed E-state index contributed by atoms with van der Waals surface area (Å²) in [6, 6.07) is 0.736. The third kappa shape index (κ3) is 3.67. The summed E-state index contributed by atoms with van der Waals surface area (Å²) in [6.45, 7) is 2.20. The maximum atomic E-state index is 8.74. The third-order valence-corrected chi connectivity index (χ3v) is 2.80. The van der Waals surface area contributed by atoms with Crippen molar-refractivity contribution in [1.82, 2.24) is 4.90 Å². The standard InChI is InChI=1S/C10H18ClNO/c11-6-2-7-12(8-3-9-13)10-4-1-5-10/h2,6,10,13H,1,3-5,7-9H2/b6-2+. The van der Waals surface area contributed by atoms with E-state index in [1.807, 2.05) is 6.08 Å². The SMILES string of the molecule is OCCCN(C/C=C/Cl)C1CCC1. The lowest BCUT2D eigenvalue weighted by atomic mass is 9.91. The average Bonchev–Trinajstić information content (AvgIpc) is 2.06. The molecule has 13 heavy (non-hydrogen) atoms. The van der Waals surface area contributed by atoms with Crippen LogP contribution in [-0.4, -0.2) is 35.7 Å². The lowest BCUT2D eigenvalue weighted by molar-refractivity contribution is 0.130. The summed E-state index contributed by atoms with van der Waals surface area (Å²) < 4.78 is 0. The Labute approximate surface area is 85.2 Å². The highest BCUT2D eigenvalue weighted by molar-refractivity contribution is 6.25. The third-order valence-electron chi connectivity index (χ3n) is 2.62. The number of rotatable bonds is 6. The highest BCUT2D eigenvalue weighted by atomic mass is 35.5. The van der Waals surface area contributed by atoms with Crippen molar-refractivity contribution < 1.29 is 5.11 Å². The maximum Gasteiger partial charge on any atom is 0.0443 e. The second kappa shape index (κ2) is 6.41. The highest BCUT2D eigenvalue weighted by Crippen LogP contribution is 2.24. The Hall–Kier alpha value is -0.0500.